The summed E-state index contributed by atoms with van der Waals surface area (Å²) in [6.45, 7) is 3.10. The van der Waals surface area contributed by atoms with E-state index in [0.717, 1.165) is 34.2 Å². The Morgan fingerprint density at radius 2 is 2.12 bits per heavy atom. The minimum atomic E-state index is -0.859. The van der Waals surface area contributed by atoms with Crippen LogP contribution >= 0.6 is 15.9 Å². The second kappa shape index (κ2) is 8.58. The summed E-state index contributed by atoms with van der Waals surface area (Å²) in [5, 5.41) is 12.3. The number of aliphatic imine (C=N–C) groups is 1. The van der Waals surface area contributed by atoms with Crippen LogP contribution in [0.15, 0.2) is 34.0 Å². The number of benzene rings is 1. The molecule has 7 nitrogen and oxygen atoms in total. The summed E-state index contributed by atoms with van der Waals surface area (Å²) in [5.74, 6) is -0.232. The van der Waals surface area contributed by atoms with E-state index in [1.807, 2.05) is 17.0 Å². The maximum atomic E-state index is 11.0. The van der Waals surface area contributed by atoms with E-state index in [2.05, 4.69) is 43.1 Å². The molecule has 0 aliphatic rings. The average molecular weight is 394 g/mol. The lowest BCUT2D eigenvalue weighted by Gasteiger charge is -2.27. The van der Waals surface area contributed by atoms with Crippen molar-refractivity contribution in [2.24, 2.45) is 4.99 Å². The van der Waals surface area contributed by atoms with Gasteiger partial charge in [-0.3, -0.25) is 19.8 Å². The Morgan fingerprint density at radius 1 is 1.38 bits per heavy atom. The quantitative estimate of drug-likeness (QED) is 0.578. The number of anilines is 1. The molecule has 0 aliphatic heterocycles. The first-order valence-electron chi connectivity index (χ1n) is 7.67. The van der Waals surface area contributed by atoms with Gasteiger partial charge in [0.25, 0.3) is 0 Å². The number of halogens is 1. The number of carboxylic acid groups (broad SMARTS) is 1. The van der Waals surface area contributed by atoms with E-state index in [1.54, 1.807) is 19.4 Å². The van der Waals surface area contributed by atoms with Crippen molar-refractivity contribution >= 4 is 44.6 Å². The van der Waals surface area contributed by atoms with E-state index in [0.29, 0.717) is 12.5 Å². The first-order chi connectivity index (χ1) is 11.6. The fourth-order valence-corrected chi connectivity index (χ4v) is 2.93. The van der Waals surface area contributed by atoms with E-state index in [9.17, 15) is 4.79 Å². The van der Waals surface area contributed by atoms with Gasteiger partial charge in [0.15, 0.2) is 5.96 Å². The zero-order chi connectivity index (χ0) is 17.5. The second-order valence-electron chi connectivity index (χ2n) is 5.09. The molecular formula is C16H20BrN5O2. The van der Waals surface area contributed by atoms with Crippen LogP contribution in [-0.4, -0.2) is 47.1 Å². The van der Waals surface area contributed by atoms with Crippen molar-refractivity contribution in [2.75, 3.05) is 25.0 Å². The van der Waals surface area contributed by atoms with Crippen molar-refractivity contribution in [1.29, 1.82) is 0 Å². The Hall–Kier alpha value is -2.22. The Balaban J connectivity index is 2.45. The van der Waals surface area contributed by atoms with Crippen LogP contribution in [0.3, 0.4) is 0 Å². The molecule has 0 saturated carbocycles. The van der Waals surface area contributed by atoms with Crippen LogP contribution in [0, 0.1) is 0 Å². The Morgan fingerprint density at radius 3 is 2.79 bits per heavy atom. The third-order valence-corrected chi connectivity index (χ3v) is 4.18. The van der Waals surface area contributed by atoms with Gasteiger partial charge in [-0.1, -0.05) is 6.92 Å². The normalized spacial score (nSPS) is 11.5. The third-order valence-electron chi connectivity index (χ3n) is 3.40. The molecule has 2 rings (SSSR count). The summed E-state index contributed by atoms with van der Waals surface area (Å²) in [4.78, 5) is 25.8. The zero-order valence-corrected chi connectivity index (χ0v) is 15.2. The topological polar surface area (TPSA) is 90.7 Å². The number of nitrogens with zero attached hydrogens (tertiary/aromatic N) is 4. The van der Waals surface area contributed by atoms with Crippen molar-refractivity contribution in [1.82, 2.24) is 15.3 Å². The lowest BCUT2D eigenvalue weighted by Crippen LogP contribution is -2.43. The summed E-state index contributed by atoms with van der Waals surface area (Å²) in [6.07, 6.45) is 4.20. The van der Waals surface area contributed by atoms with Crippen molar-refractivity contribution in [3.8, 4) is 0 Å². The standard InChI is InChI=1S/C16H20BrN5O2/c1-3-7-21-16(18-2)22(10-6-13(23)24)12-5-4-11-15(14(12)17)20-9-8-19-11/h4-5,8-9H,3,6-7,10H2,1-2H3,(H,18,21)(H,23,24). The molecule has 0 aliphatic carbocycles. The van der Waals surface area contributed by atoms with Gasteiger partial charge < -0.3 is 15.3 Å². The lowest BCUT2D eigenvalue weighted by molar-refractivity contribution is -0.136. The van der Waals surface area contributed by atoms with Gasteiger partial charge >= 0.3 is 5.97 Å². The SMILES string of the molecule is CCCNC(=NC)N(CCC(=O)O)c1ccc2nccnc2c1Br. The second-order valence-corrected chi connectivity index (χ2v) is 5.89. The molecule has 0 radical (unpaired) electrons. The lowest BCUT2D eigenvalue weighted by atomic mass is 10.2. The molecule has 2 N–H and O–H groups in total. The van der Waals surface area contributed by atoms with Crippen LogP contribution in [0.25, 0.3) is 11.0 Å². The van der Waals surface area contributed by atoms with Crippen molar-refractivity contribution in [3.05, 3.63) is 29.0 Å². The first-order valence-corrected chi connectivity index (χ1v) is 8.47. The number of fused-ring (bicyclic) bond motifs is 1. The van der Waals surface area contributed by atoms with Crippen LogP contribution in [0.2, 0.25) is 0 Å². The minimum Gasteiger partial charge on any atom is -0.481 e. The van der Waals surface area contributed by atoms with Crippen molar-refractivity contribution in [3.63, 3.8) is 0 Å². The van der Waals surface area contributed by atoms with Gasteiger partial charge in [-0.15, -0.1) is 0 Å². The molecule has 8 heteroatoms. The number of carbonyl (C=O) groups is 1. The number of aliphatic carboxylic acids is 1. The number of guanidine groups is 1. The number of rotatable bonds is 6. The molecule has 0 fully saturated rings. The van der Waals surface area contributed by atoms with Gasteiger partial charge in [0, 0.05) is 32.5 Å². The maximum absolute atomic E-state index is 11.0. The smallest absolute Gasteiger partial charge is 0.305 e. The Kier molecular flexibility index (Phi) is 6.48. The van der Waals surface area contributed by atoms with Crippen LogP contribution < -0.4 is 10.2 Å². The third kappa shape index (κ3) is 4.19. The number of hydrogen-bond acceptors (Lipinski definition) is 4. The Labute approximate surface area is 149 Å². The molecule has 24 heavy (non-hydrogen) atoms. The predicted molar refractivity (Wildman–Crippen MR) is 98.5 cm³/mol. The van der Waals surface area contributed by atoms with Crippen molar-refractivity contribution < 1.29 is 9.90 Å². The van der Waals surface area contributed by atoms with E-state index < -0.39 is 5.97 Å². The van der Waals surface area contributed by atoms with Gasteiger partial charge in [0.05, 0.1) is 22.1 Å². The van der Waals surface area contributed by atoms with Gasteiger partial charge in [0.1, 0.15) is 5.52 Å². The highest BCUT2D eigenvalue weighted by atomic mass is 79.9. The Bertz CT molecular complexity index is 750. The van der Waals surface area contributed by atoms with Crippen molar-refractivity contribution in [2.45, 2.75) is 19.8 Å². The van der Waals surface area contributed by atoms with Crippen LogP contribution in [-0.2, 0) is 4.79 Å². The largest absolute Gasteiger partial charge is 0.481 e. The fourth-order valence-electron chi connectivity index (χ4n) is 2.28. The van der Waals surface area contributed by atoms with E-state index in [1.165, 1.54) is 0 Å². The van der Waals surface area contributed by atoms with Crippen LogP contribution in [0.5, 0.6) is 0 Å². The molecule has 128 valence electrons. The summed E-state index contributed by atoms with van der Waals surface area (Å²) >= 11 is 3.58. The molecule has 0 unspecified atom stereocenters. The molecular weight excluding hydrogens is 374 g/mol. The van der Waals surface area contributed by atoms with Crippen LogP contribution in [0.1, 0.15) is 19.8 Å². The summed E-state index contributed by atoms with van der Waals surface area (Å²) in [7, 11) is 1.68. The molecule has 0 atom stereocenters. The summed E-state index contributed by atoms with van der Waals surface area (Å²) in [6, 6.07) is 3.76. The highest BCUT2D eigenvalue weighted by Gasteiger charge is 2.19. The number of aromatic nitrogens is 2. The molecule has 0 saturated heterocycles. The number of carboxylic acids is 1. The number of nitrogens with one attached hydrogen (secondary N) is 1. The summed E-state index contributed by atoms with van der Waals surface area (Å²) < 4.78 is 0.762. The molecule has 2 aromatic rings. The molecule has 0 amide bonds. The maximum Gasteiger partial charge on any atom is 0.305 e. The molecule has 0 spiro atoms. The van der Waals surface area contributed by atoms with Gasteiger partial charge in [-0.05, 0) is 34.5 Å². The molecule has 0 bridgehead atoms. The average Bonchev–Trinajstić information content (AvgIpc) is 2.59. The predicted octanol–water partition coefficient (Wildman–Crippen LogP) is 2.66. The minimum absolute atomic E-state index is 0.00221. The monoisotopic (exact) mass is 393 g/mol. The molecule has 1 aromatic heterocycles. The van der Waals surface area contributed by atoms with E-state index in [-0.39, 0.29) is 6.42 Å². The molecule has 1 heterocycles. The first kappa shape index (κ1) is 18.1. The highest BCUT2D eigenvalue weighted by molar-refractivity contribution is 9.10. The number of hydrogen-bond donors (Lipinski definition) is 2. The summed E-state index contributed by atoms with van der Waals surface area (Å²) in [5.41, 5.74) is 2.29. The zero-order valence-electron chi connectivity index (χ0n) is 13.7. The molecule has 1 aromatic carbocycles. The van der Waals surface area contributed by atoms with Gasteiger partial charge in [-0.2, -0.15) is 0 Å². The fraction of sp³-hybridized carbons (Fsp3) is 0.375. The highest BCUT2D eigenvalue weighted by Crippen LogP contribution is 2.32. The van der Waals surface area contributed by atoms with Gasteiger partial charge in [0.2, 0.25) is 0 Å². The van der Waals surface area contributed by atoms with Crippen LogP contribution in [0.4, 0.5) is 5.69 Å². The van der Waals surface area contributed by atoms with E-state index >= 15 is 0 Å². The van der Waals surface area contributed by atoms with Gasteiger partial charge in [-0.25, -0.2) is 0 Å². The van der Waals surface area contributed by atoms with E-state index in [4.69, 9.17) is 5.11 Å².